The third-order valence-electron chi connectivity index (χ3n) is 4.80. The quantitative estimate of drug-likeness (QED) is 0.855. The molecule has 0 bridgehead atoms. The van der Waals surface area contributed by atoms with Crippen LogP contribution in [-0.2, 0) is 6.42 Å². The van der Waals surface area contributed by atoms with Crippen molar-refractivity contribution >= 4 is 0 Å². The second kappa shape index (κ2) is 6.01. The monoisotopic (exact) mass is 297 g/mol. The van der Waals surface area contributed by atoms with Crippen molar-refractivity contribution in [1.29, 1.82) is 0 Å². The minimum Gasteiger partial charge on any atom is -0.493 e. The molecule has 2 aromatic rings. The van der Waals surface area contributed by atoms with Crippen molar-refractivity contribution in [3.63, 3.8) is 0 Å². The highest BCUT2D eigenvalue weighted by molar-refractivity contribution is 5.50. The lowest BCUT2D eigenvalue weighted by molar-refractivity contribution is 0.166. The fourth-order valence-corrected chi connectivity index (χ4v) is 3.37. The molecule has 1 aliphatic rings. The van der Waals surface area contributed by atoms with E-state index in [0.717, 1.165) is 17.9 Å². The van der Waals surface area contributed by atoms with Gasteiger partial charge in [0.15, 0.2) is 11.5 Å². The lowest BCUT2D eigenvalue weighted by Crippen LogP contribution is -2.34. The number of hydrogen-bond donors (Lipinski definition) is 0. The van der Waals surface area contributed by atoms with Gasteiger partial charge in [0.1, 0.15) is 0 Å². The fraction of sp³-hybridized carbons (Fsp3) is 0.368. The molecule has 0 N–H and O–H groups in total. The molecule has 0 aromatic heterocycles. The molecule has 116 valence electrons. The van der Waals surface area contributed by atoms with Crippen LogP contribution >= 0.6 is 0 Å². The van der Waals surface area contributed by atoms with Gasteiger partial charge in [-0.15, -0.1) is 0 Å². The average Bonchev–Trinajstić information content (AvgIpc) is 2.57. The average molecular weight is 297 g/mol. The van der Waals surface area contributed by atoms with Crippen LogP contribution in [0.25, 0.3) is 0 Å². The third-order valence-corrected chi connectivity index (χ3v) is 4.80. The number of benzene rings is 2. The van der Waals surface area contributed by atoms with Gasteiger partial charge in [-0.2, -0.15) is 0 Å². The van der Waals surface area contributed by atoms with Gasteiger partial charge in [0.2, 0.25) is 0 Å². The molecule has 0 saturated heterocycles. The predicted molar refractivity (Wildman–Crippen MR) is 88.6 cm³/mol. The fourth-order valence-electron chi connectivity index (χ4n) is 3.37. The van der Waals surface area contributed by atoms with Gasteiger partial charge in [0.05, 0.1) is 14.2 Å². The van der Waals surface area contributed by atoms with E-state index in [1.165, 1.54) is 16.7 Å². The van der Waals surface area contributed by atoms with Crippen molar-refractivity contribution in [3.05, 3.63) is 59.2 Å². The molecular formula is C19H23NO2. The number of rotatable bonds is 3. The minimum absolute atomic E-state index is 0.341. The molecule has 1 aliphatic heterocycles. The molecular weight excluding hydrogens is 274 g/mol. The Hall–Kier alpha value is -2.00. The highest BCUT2D eigenvalue weighted by atomic mass is 16.5. The van der Waals surface area contributed by atoms with Gasteiger partial charge >= 0.3 is 0 Å². The first-order chi connectivity index (χ1) is 10.7. The molecule has 22 heavy (non-hydrogen) atoms. The van der Waals surface area contributed by atoms with Crippen molar-refractivity contribution in [2.75, 3.05) is 21.3 Å². The van der Waals surface area contributed by atoms with E-state index in [2.05, 4.69) is 61.3 Å². The summed E-state index contributed by atoms with van der Waals surface area (Å²) in [5, 5.41) is 0. The summed E-state index contributed by atoms with van der Waals surface area (Å²) in [6.07, 6.45) is 0.987. The van der Waals surface area contributed by atoms with Gasteiger partial charge in [-0.3, -0.25) is 4.90 Å². The van der Waals surface area contributed by atoms with Gasteiger partial charge in [-0.05, 0) is 49.2 Å². The van der Waals surface area contributed by atoms with Crippen LogP contribution in [0.1, 0.15) is 35.7 Å². The van der Waals surface area contributed by atoms with Crippen LogP contribution in [-0.4, -0.2) is 26.2 Å². The topological polar surface area (TPSA) is 21.7 Å². The van der Waals surface area contributed by atoms with E-state index in [4.69, 9.17) is 9.47 Å². The van der Waals surface area contributed by atoms with E-state index in [1.807, 2.05) is 0 Å². The first-order valence-electron chi connectivity index (χ1n) is 7.67. The maximum atomic E-state index is 5.47. The van der Waals surface area contributed by atoms with E-state index < -0.39 is 0 Å². The zero-order valence-electron chi connectivity index (χ0n) is 13.7. The smallest absolute Gasteiger partial charge is 0.161 e. The molecule has 1 heterocycles. The Morgan fingerprint density at radius 3 is 2.27 bits per heavy atom. The number of hydrogen-bond acceptors (Lipinski definition) is 3. The lowest BCUT2D eigenvalue weighted by atomic mass is 9.86. The molecule has 0 spiro atoms. The second-order valence-electron chi connectivity index (χ2n) is 5.88. The van der Waals surface area contributed by atoms with Crippen LogP contribution in [0, 0.1) is 0 Å². The van der Waals surface area contributed by atoms with Gasteiger partial charge < -0.3 is 9.47 Å². The highest BCUT2D eigenvalue weighted by Gasteiger charge is 2.31. The summed E-state index contributed by atoms with van der Waals surface area (Å²) in [6.45, 7) is 2.25. The summed E-state index contributed by atoms with van der Waals surface area (Å²) in [5.41, 5.74) is 4.03. The van der Waals surface area contributed by atoms with Gasteiger partial charge in [0, 0.05) is 12.1 Å². The Kier molecular flexibility index (Phi) is 4.08. The Labute approximate surface area is 132 Å². The highest BCUT2D eigenvalue weighted by Crippen LogP contribution is 2.43. The van der Waals surface area contributed by atoms with Gasteiger partial charge in [-0.1, -0.05) is 30.3 Å². The first-order valence-corrected chi connectivity index (χ1v) is 7.67. The standard InChI is InChI=1S/C19H23NO2/c1-13-16-12-19(22-4)18(21-3)11-15(16)10-17(20(13)2)14-8-6-5-7-9-14/h5-9,11-13,17H,10H2,1-4H3/t13-,17-/m0/s1. The molecule has 0 unspecified atom stereocenters. The van der Waals surface area contributed by atoms with Crippen LogP contribution in [0.15, 0.2) is 42.5 Å². The number of fused-ring (bicyclic) bond motifs is 1. The van der Waals surface area contributed by atoms with Crippen LogP contribution in [0.4, 0.5) is 0 Å². The maximum Gasteiger partial charge on any atom is 0.161 e. The summed E-state index contributed by atoms with van der Waals surface area (Å²) in [5.74, 6) is 1.62. The second-order valence-corrected chi connectivity index (χ2v) is 5.88. The molecule has 2 atom stereocenters. The Bertz CT molecular complexity index is 654. The molecule has 0 aliphatic carbocycles. The van der Waals surface area contributed by atoms with Gasteiger partial charge in [0.25, 0.3) is 0 Å². The van der Waals surface area contributed by atoms with E-state index in [1.54, 1.807) is 14.2 Å². The molecule has 2 aromatic carbocycles. The van der Waals surface area contributed by atoms with E-state index in [0.29, 0.717) is 12.1 Å². The Balaban J connectivity index is 2.04. The number of nitrogens with zero attached hydrogens (tertiary/aromatic N) is 1. The van der Waals surface area contributed by atoms with Crippen molar-refractivity contribution in [1.82, 2.24) is 4.90 Å². The van der Waals surface area contributed by atoms with E-state index in [9.17, 15) is 0 Å². The minimum atomic E-state index is 0.341. The Morgan fingerprint density at radius 1 is 1.00 bits per heavy atom. The third kappa shape index (κ3) is 2.46. The molecule has 3 heteroatoms. The first kappa shape index (κ1) is 14.9. The van der Waals surface area contributed by atoms with Crippen molar-refractivity contribution in [2.24, 2.45) is 0 Å². The van der Waals surface area contributed by atoms with Crippen molar-refractivity contribution in [3.8, 4) is 11.5 Å². The molecule has 0 radical (unpaired) electrons. The zero-order chi connectivity index (χ0) is 15.7. The van der Waals surface area contributed by atoms with Crippen molar-refractivity contribution < 1.29 is 9.47 Å². The summed E-state index contributed by atoms with van der Waals surface area (Å²) in [7, 11) is 5.58. The molecule has 0 saturated carbocycles. The number of likely N-dealkylation sites (N-methyl/N-ethyl adjacent to an activating group) is 1. The van der Waals surface area contributed by atoms with E-state index >= 15 is 0 Å². The zero-order valence-corrected chi connectivity index (χ0v) is 13.7. The summed E-state index contributed by atoms with van der Waals surface area (Å²) in [6, 6.07) is 15.7. The molecule has 3 rings (SSSR count). The maximum absolute atomic E-state index is 5.47. The van der Waals surface area contributed by atoms with Crippen LogP contribution in [0.5, 0.6) is 11.5 Å². The van der Waals surface area contributed by atoms with E-state index in [-0.39, 0.29) is 0 Å². The summed E-state index contributed by atoms with van der Waals surface area (Å²) >= 11 is 0. The predicted octanol–water partition coefficient (Wildman–Crippen LogP) is 3.99. The van der Waals surface area contributed by atoms with Gasteiger partial charge in [-0.25, -0.2) is 0 Å². The number of methoxy groups -OCH3 is 2. The summed E-state index contributed by atoms with van der Waals surface area (Å²) < 4.78 is 10.9. The largest absolute Gasteiger partial charge is 0.493 e. The summed E-state index contributed by atoms with van der Waals surface area (Å²) in [4.78, 5) is 2.43. The van der Waals surface area contributed by atoms with Crippen molar-refractivity contribution in [2.45, 2.75) is 25.4 Å². The molecule has 0 fully saturated rings. The SMILES string of the molecule is COc1cc2c(cc1OC)[C@H](C)N(C)[C@H](c1ccccc1)C2. The normalized spacial score (nSPS) is 21.3. The molecule has 0 amide bonds. The molecule has 3 nitrogen and oxygen atoms in total. The number of ether oxygens (including phenoxy) is 2. The Morgan fingerprint density at radius 2 is 1.64 bits per heavy atom. The lowest BCUT2D eigenvalue weighted by Gasteiger charge is -2.40. The van der Waals surface area contributed by atoms with Crippen LogP contribution in [0.3, 0.4) is 0 Å². The van der Waals surface area contributed by atoms with Crippen LogP contribution < -0.4 is 9.47 Å². The van der Waals surface area contributed by atoms with Crippen LogP contribution in [0.2, 0.25) is 0 Å².